The molecule has 0 bridgehead atoms. The van der Waals surface area contributed by atoms with Gasteiger partial charge in [-0.05, 0) is 31.4 Å². The molecular formula is C15H26N4. The van der Waals surface area contributed by atoms with Crippen LogP contribution < -0.4 is 15.5 Å². The Morgan fingerprint density at radius 2 is 2.00 bits per heavy atom. The van der Waals surface area contributed by atoms with E-state index in [1.807, 2.05) is 12.1 Å². The third-order valence-corrected chi connectivity index (χ3v) is 3.78. The first-order chi connectivity index (χ1) is 9.22. The van der Waals surface area contributed by atoms with Gasteiger partial charge in [0.1, 0.15) is 5.82 Å². The van der Waals surface area contributed by atoms with Crippen LogP contribution in [0.2, 0.25) is 0 Å². The third-order valence-electron chi connectivity index (χ3n) is 3.78. The van der Waals surface area contributed by atoms with E-state index in [1.54, 1.807) is 0 Å². The van der Waals surface area contributed by atoms with Gasteiger partial charge in [-0.15, -0.1) is 0 Å². The van der Waals surface area contributed by atoms with E-state index in [4.69, 9.17) is 10.7 Å². The molecule has 4 nitrogen and oxygen atoms in total. The molecule has 0 radical (unpaired) electrons. The maximum atomic E-state index is 6.07. The van der Waals surface area contributed by atoms with Crippen LogP contribution in [0.3, 0.4) is 0 Å². The molecule has 2 rings (SSSR count). The van der Waals surface area contributed by atoms with Crippen LogP contribution in [0.15, 0.2) is 12.1 Å². The summed E-state index contributed by atoms with van der Waals surface area (Å²) in [6.45, 7) is 5.46. The van der Waals surface area contributed by atoms with Crippen LogP contribution >= 0.6 is 0 Å². The topological polar surface area (TPSA) is 45.4 Å². The zero-order valence-electron chi connectivity index (χ0n) is 12.2. The van der Waals surface area contributed by atoms with Gasteiger partial charge in [-0.25, -0.2) is 4.98 Å². The van der Waals surface area contributed by atoms with Gasteiger partial charge in [0.25, 0.3) is 0 Å². The van der Waals surface area contributed by atoms with Crippen LogP contribution in [0.5, 0.6) is 0 Å². The molecule has 0 spiro atoms. The molecule has 0 aliphatic carbocycles. The van der Waals surface area contributed by atoms with Gasteiger partial charge in [-0.1, -0.05) is 19.8 Å². The summed E-state index contributed by atoms with van der Waals surface area (Å²) in [7, 11) is 2.11. The van der Waals surface area contributed by atoms with Gasteiger partial charge in [-0.2, -0.15) is 0 Å². The summed E-state index contributed by atoms with van der Waals surface area (Å²) in [6, 6.07) is 4.02. The van der Waals surface area contributed by atoms with Crippen molar-refractivity contribution in [2.75, 3.05) is 42.2 Å². The van der Waals surface area contributed by atoms with Crippen molar-refractivity contribution in [3.8, 4) is 0 Å². The Bertz CT molecular complexity index is 399. The molecule has 1 aromatic heterocycles. The lowest BCUT2D eigenvalue weighted by Gasteiger charge is -2.23. The maximum absolute atomic E-state index is 6.07. The third kappa shape index (κ3) is 3.52. The van der Waals surface area contributed by atoms with Crippen molar-refractivity contribution < 1.29 is 0 Å². The van der Waals surface area contributed by atoms with Crippen LogP contribution in [-0.4, -0.2) is 31.7 Å². The Morgan fingerprint density at radius 3 is 2.68 bits per heavy atom. The number of nitrogens with zero attached hydrogens (tertiary/aromatic N) is 3. The minimum atomic E-state index is 0.799. The number of nitrogen functional groups attached to an aromatic ring is 1. The lowest BCUT2D eigenvalue weighted by molar-refractivity contribution is 0.701. The van der Waals surface area contributed by atoms with E-state index in [1.165, 1.54) is 32.1 Å². The van der Waals surface area contributed by atoms with Crippen molar-refractivity contribution in [1.82, 2.24) is 4.98 Å². The van der Waals surface area contributed by atoms with Crippen molar-refractivity contribution in [3.63, 3.8) is 0 Å². The van der Waals surface area contributed by atoms with E-state index in [-0.39, 0.29) is 0 Å². The SMILES string of the molecule is CCCCCN(C)c1ccc(N)c(N2CCCC2)n1. The molecule has 2 N–H and O–H groups in total. The first-order valence-electron chi connectivity index (χ1n) is 7.45. The summed E-state index contributed by atoms with van der Waals surface area (Å²) in [5.74, 6) is 2.00. The first-order valence-corrected chi connectivity index (χ1v) is 7.45. The van der Waals surface area contributed by atoms with Crippen LogP contribution in [0.1, 0.15) is 39.0 Å². The number of hydrogen-bond acceptors (Lipinski definition) is 4. The van der Waals surface area contributed by atoms with Gasteiger partial charge in [0.2, 0.25) is 0 Å². The normalized spacial score (nSPS) is 14.9. The van der Waals surface area contributed by atoms with Crippen LogP contribution in [-0.2, 0) is 0 Å². The molecule has 0 atom stereocenters. The maximum Gasteiger partial charge on any atom is 0.154 e. The van der Waals surface area contributed by atoms with Gasteiger partial charge < -0.3 is 15.5 Å². The molecule has 4 heteroatoms. The number of pyridine rings is 1. The molecule has 1 saturated heterocycles. The summed E-state index contributed by atoms with van der Waals surface area (Å²) < 4.78 is 0. The second-order valence-electron chi connectivity index (χ2n) is 5.41. The average Bonchev–Trinajstić information content (AvgIpc) is 2.93. The van der Waals surface area contributed by atoms with E-state index < -0.39 is 0 Å². The predicted molar refractivity (Wildman–Crippen MR) is 82.9 cm³/mol. The Hall–Kier alpha value is -1.45. The number of unbranched alkanes of at least 4 members (excludes halogenated alkanes) is 2. The zero-order chi connectivity index (χ0) is 13.7. The predicted octanol–water partition coefficient (Wildman–Crippen LogP) is 2.89. The molecule has 1 fully saturated rings. The Morgan fingerprint density at radius 1 is 1.26 bits per heavy atom. The molecular weight excluding hydrogens is 236 g/mol. The summed E-state index contributed by atoms with van der Waals surface area (Å²) in [4.78, 5) is 9.29. The summed E-state index contributed by atoms with van der Waals surface area (Å²) in [5, 5.41) is 0. The lowest BCUT2D eigenvalue weighted by Crippen LogP contribution is -2.24. The quantitative estimate of drug-likeness (QED) is 0.801. The standard InChI is InChI=1S/C15H26N4/c1-3-4-5-10-18(2)14-9-8-13(16)15(17-14)19-11-6-7-12-19/h8-9H,3-7,10-12,16H2,1-2H3. The fourth-order valence-electron chi connectivity index (χ4n) is 2.56. The molecule has 0 aromatic carbocycles. The van der Waals surface area contributed by atoms with E-state index in [0.29, 0.717) is 0 Å². The minimum absolute atomic E-state index is 0.799. The van der Waals surface area contributed by atoms with E-state index in [2.05, 4.69) is 23.8 Å². The Kier molecular flexibility index (Phi) is 4.88. The zero-order valence-corrected chi connectivity index (χ0v) is 12.2. The van der Waals surface area contributed by atoms with E-state index in [0.717, 1.165) is 37.0 Å². The summed E-state index contributed by atoms with van der Waals surface area (Å²) in [5.41, 5.74) is 6.87. The highest BCUT2D eigenvalue weighted by Gasteiger charge is 2.17. The Labute approximate surface area is 116 Å². The van der Waals surface area contributed by atoms with E-state index in [9.17, 15) is 0 Å². The second kappa shape index (κ2) is 6.64. The van der Waals surface area contributed by atoms with Crippen molar-refractivity contribution >= 4 is 17.3 Å². The highest BCUT2D eigenvalue weighted by molar-refractivity contribution is 5.66. The van der Waals surface area contributed by atoms with Crippen LogP contribution in [0.4, 0.5) is 17.3 Å². The van der Waals surface area contributed by atoms with Crippen LogP contribution in [0.25, 0.3) is 0 Å². The minimum Gasteiger partial charge on any atom is -0.396 e. The van der Waals surface area contributed by atoms with Crippen molar-refractivity contribution in [1.29, 1.82) is 0 Å². The van der Waals surface area contributed by atoms with Crippen molar-refractivity contribution in [2.45, 2.75) is 39.0 Å². The molecule has 1 aliphatic heterocycles. The molecule has 106 valence electrons. The number of anilines is 3. The highest BCUT2D eigenvalue weighted by atomic mass is 15.2. The monoisotopic (exact) mass is 262 g/mol. The highest BCUT2D eigenvalue weighted by Crippen LogP contribution is 2.27. The fraction of sp³-hybridized carbons (Fsp3) is 0.667. The summed E-state index contributed by atoms with van der Waals surface area (Å²) >= 11 is 0. The molecule has 1 aromatic rings. The van der Waals surface area contributed by atoms with Crippen molar-refractivity contribution in [2.24, 2.45) is 0 Å². The number of rotatable bonds is 6. The van der Waals surface area contributed by atoms with Gasteiger partial charge in [0.05, 0.1) is 5.69 Å². The number of aromatic nitrogens is 1. The number of hydrogen-bond donors (Lipinski definition) is 1. The smallest absolute Gasteiger partial charge is 0.154 e. The molecule has 0 amide bonds. The molecule has 0 unspecified atom stereocenters. The lowest BCUT2D eigenvalue weighted by atomic mass is 10.2. The van der Waals surface area contributed by atoms with Gasteiger partial charge in [0, 0.05) is 26.7 Å². The van der Waals surface area contributed by atoms with Gasteiger partial charge in [-0.3, -0.25) is 0 Å². The second-order valence-corrected chi connectivity index (χ2v) is 5.41. The molecule has 2 heterocycles. The Balaban J connectivity index is 2.06. The molecule has 1 aliphatic rings. The largest absolute Gasteiger partial charge is 0.396 e. The van der Waals surface area contributed by atoms with Crippen molar-refractivity contribution in [3.05, 3.63) is 12.1 Å². The number of nitrogens with two attached hydrogens (primary N) is 1. The molecule has 19 heavy (non-hydrogen) atoms. The average molecular weight is 262 g/mol. The van der Waals surface area contributed by atoms with Gasteiger partial charge in [0.15, 0.2) is 5.82 Å². The molecule has 0 saturated carbocycles. The first kappa shape index (κ1) is 14.0. The fourth-order valence-corrected chi connectivity index (χ4v) is 2.56. The van der Waals surface area contributed by atoms with Gasteiger partial charge >= 0.3 is 0 Å². The summed E-state index contributed by atoms with van der Waals surface area (Å²) in [6.07, 6.45) is 6.24. The van der Waals surface area contributed by atoms with E-state index >= 15 is 0 Å². The van der Waals surface area contributed by atoms with Crippen LogP contribution in [0, 0.1) is 0 Å².